The molecule has 3 heterocycles. The van der Waals surface area contributed by atoms with Crippen LogP contribution in [0.4, 0.5) is 17.6 Å². The maximum Gasteiger partial charge on any atom is 0.282 e. The average Bonchev–Trinajstić information content (AvgIpc) is 3.33. The van der Waals surface area contributed by atoms with Crippen molar-refractivity contribution in [2.45, 2.75) is 44.2 Å². The Balaban J connectivity index is 1.44. The van der Waals surface area contributed by atoms with Crippen molar-refractivity contribution in [1.82, 2.24) is 18.8 Å². The summed E-state index contributed by atoms with van der Waals surface area (Å²) in [4.78, 5) is 27.5. The Morgan fingerprint density at radius 1 is 1.05 bits per heavy atom. The summed E-state index contributed by atoms with van der Waals surface area (Å²) >= 11 is 0. The van der Waals surface area contributed by atoms with Crippen LogP contribution in [0.1, 0.15) is 37.3 Å². The first-order valence-electron chi connectivity index (χ1n) is 12.0. The van der Waals surface area contributed by atoms with E-state index >= 15 is 0 Å². The first-order valence-corrected chi connectivity index (χ1v) is 13.4. The van der Waals surface area contributed by atoms with Crippen molar-refractivity contribution in [3.05, 3.63) is 35.4 Å². The minimum atomic E-state index is -3.84. The van der Waals surface area contributed by atoms with Crippen LogP contribution in [0.5, 0.6) is 0 Å². The molecule has 0 bridgehead atoms. The third-order valence-electron chi connectivity index (χ3n) is 7.10. The topological polar surface area (TPSA) is 114 Å². The highest BCUT2D eigenvalue weighted by molar-refractivity contribution is 7.86. The highest BCUT2D eigenvalue weighted by atomic mass is 32.2. The summed E-state index contributed by atoms with van der Waals surface area (Å²) < 4.78 is 83.3. The monoisotopic (exact) mass is 545 g/mol. The van der Waals surface area contributed by atoms with E-state index < -0.39 is 63.6 Å². The summed E-state index contributed by atoms with van der Waals surface area (Å²) in [5.74, 6) is -4.49. The third kappa shape index (κ3) is 5.58. The Morgan fingerprint density at radius 3 is 2.43 bits per heavy atom. The number of nitrogens with one attached hydrogen (secondary N) is 1. The molecule has 3 saturated heterocycles. The van der Waals surface area contributed by atoms with Gasteiger partial charge in [0.2, 0.25) is 11.8 Å². The molecule has 9 nitrogen and oxygen atoms in total. The van der Waals surface area contributed by atoms with Crippen molar-refractivity contribution < 1.29 is 35.6 Å². The van der Waals surface area contributed by atoms with Gasteiger partial charge in [-0.3, -0.25) is 9.59 Å². The van der Waals surface area contributed by atoms with E-state index in [9.17, 15) is 35.6 Å². The molecule has 1 aromatic carbocycles. The molecule has 202 valence electrons. The number of likely N-dealkylation sites (tertiary alicyclic amines) is 1. The van der Waals surface area contributed by atoms with Gasteiger partial charge in [0.05, 0.1) is 17.9 Å². The van der Waals surface area contributed by atoms with Gasteiger partial charge in [-0.25, -0.2) is 17.6 Å². The molecular weight excluding hydrogens is 518 g/mol. The summed E-state index contributed by atoms with van der Waals surface area (Å²) in [6.45, 7) is 0.510. The molecule has 0 saturated carbocycles. The number of benzene rings is 1. The number of alkyl halides is 2. The lowest BCUT2D eigenvalue weighted by Gasteiger charge is -2.41. The lowest BCUT2D eigenvalue weighted by molar-refractivity contribution is -0.143. The Kier molecular flexibility index (Phi) is 8.05. The normalized spacial score (nSPS) is 24.5. The minimum absolute atomic E-state index is 0.0894. The molecule has 3 fully saturated rings. The van der Waals surface area contributed by atoms with E-state index in [0.717, 1.165) is 6.07 Å². The lowest BCUT2D eigenvalue weighted by atomic mass is 9.97. The number of hydrogen-bond donors (Lipinski definition) is 1. The minimum Gasteiger partial charge on any atom is -0.342 e. The fourth-order valence-electron chi connectivity index (χ4n) is 5.04. The second-order valence-electron chi connectivity index (χ2n) is 9.52. The predicted octanol–water partition coefficient (Wildman–Crippen LogP) is 1.79. The quantitative estimate of drug-likeness (QED) is 0.525. The summed E-state index contributed by atoms with van der Waals surface area (Å²) in [7, 11) is -3.84. The number of piperidine rings is 1. The van der Waals surface area contributed by atoms with Gasteiger partial charge in [0.25, 0.3) is 16.6 Å². The Labute approximate surface area is 212 Å². The molecule has 2 amide bonds. The molecule has 0 aliphatic carbocycles. The standard InChI is InChI=1S/C23H27F4N5O4S/c24-16-5-6-18(25)17(9-16)20(21(26)27)29-22(33)19-4-2-8-32(19)23(34)15-3-1-7-30(13-15)37(35,36)31-11-14(10-28)12-31/h5-6,9,14-15,19-21H,1-4,7-8,11-13H2,(H,29,33)/t15-,19+,20?/m0/s1. The lowest BCUT2D eigenvalue weighted by Crippen LogP contribution is -2.57. The van der Waals surface area contributed by atoms with E-state index in [1.807, 2.05) is 6.07 Å². The number of halogens is 4. The highest BCUT2D eigenvalue weighted by Gasteiger charge is 2.44. The molecule has 37 heavy (non-hydrogen) atoms. The molecule has 0 aromatic heterocycles. The van der Waals surface area contributed by atoms with E-state index in [-0.39, 0.29) is 45.1 Å². The SMILES string of the molecule is N#CC1CN(S(=O)(=O)N2CCC[C@H](C(=O)N3CCC[C@@H]3C(=O)NC(c3cc(F)ccc3F)C(F)F)C2)C1. The first-order chi connectivity index (χ1) is 17.5. The second kappa shape index (κ2) is 10.9. The molecule has 1 unspecified atom stereocenters. The third-order valence-corrected chi connectivity index (χ3v) is 9.03. The zero-order valence-corrected chi connectivity index (χ0v) is 20.6. The molecule has 1 aromatic rings. The van der Waals surface area contributed by atoms with Crippen molar-refractivity contribution >= 4 is 22.0 Å². The molecule has 3 atom stereocenters. The van der Waals surface area contributed by atoms with E-state index in [0.29, 0.717) is 31.4 Å². The van der Waals surface area contributed by atoms with Crippen LogP contribution in [0, 0.1) is 34.8 Å². The van der Waals surface area contributed by atoms with Crippen LogP contribution in [0.25, 0.3) is 0 Å². The van der Waals surface area contributed by atoms with Crippen LogP contribution in [0.2, 0.25) is 0 Å². The number of carbonyl (C=O) groups excluding carboxylic acids is 2. The van der Waals surface area contributed by atoms with Crippen LogP contribution < -0.4 is 5.32 Å². The molecule has 14 heteroatoms. The molecule has 0 spiro atoms. The van der Waals surface area contributed by atoms with Gasteiger partial charge in [0.15, 0.2) is 0 Å². The fourth-order valence-corrected chi connectivity index (χ4v) is 6.83. The Morgan fingerprint density at radius 2 is 1.76 bits per heavy atom. The zero-order valence-electron chi connectivity index (χ0n) is 19.8. The van der Waals surface area contributed by atoms with Crippen molar-refractivity contribution in [1.29, 1.82) is 5.26 Å². The summed E-state index contributed by atoms with van der Waals surface area (Å²) in [5.41, 5.74) is -0.697. The van der Waals surface area contributed by atoms with Crippen molar-refractivity contribution in [2.24, 2.45) is 11.8 Å². The average molecular weight is 546 g/mol. The van der Waals surface area contributed by atoms with E-state index in [2.05, 4.69) is 5.32 Å². The van der Waals surface area contributed by atoms with Gasteiger partial charge in [-0.05, 0) is 43.9 Å². The van der Waals surface area contributed by atoms with E-state index in [1.165, 1.54) is 13.5 Å². The van der Waals surface area contributed by atoms with Gasteiger partial charge in [0.1, 0.15) is 23.7 Å². The van der Waals surface area contributed by atoms with Gasteiger partial charge >= 0.3 is 0 Å². The van der Waals surface area contributed by atoms with Gasteiger partial charge in [-0.1, -0.05) is 0 Å². The number of amides is 2. The molecule has 3 aliphatic heterocycles. The molecule has 1 N–H and O–H groups in total. The first kappa shape index (κ1) is 27.3. The molecule has 0 radical (unpaired) electrons. The smallest absolute Gasteiger partial charge is 0.282 e. The number of rotatable bonds is 7. The van der Waals surface area contributed by atoms with Crippen LogP contribution in [0.3, 0.4) is 0 Å². The maximum atomic E-state index is 14.1. The largest absolute Gasteiger partial charge is 0.342 e. The Bertz CT molecular complexity index is 1190. The Hall–Kier alpha value is -2.76. The second-order valence-corrected chi connectivity index (χ2v) is 11.5. The molecule has 4 rings (SSSR count). The molecule has 3 aliphatic rings. The van der Waals surface area contributed by atoms with Crippen molar-refractivity contribution in [3.63, 3.8) is 0 Å². The van der Waals surface area contributed by atoms with Gasteiger partial charge in [0, 0.05) is 38.3 Å². The maximum absolute atomic E-state index is 14.1. The number of carbonyl (C=O) groups is 2. The van der Waals surface area contributed by atoms with Gasteiger partial charge in [-0.2, -0.15) is 22.3 Å². The number of nitrogens with zero attached hydrogens (tertiary/aromatic N) is 4. The zero-order chi connectivity index (χ0) is 26.9. The highest BCUT2D eigenvalue weighted by Crippen LogP contribution is 2.30. The number of hydrogen-bond acceptors (Lipinski definition) is 5. The van der Waals surface area contributed by atoms with E-state index in [1.54, 1.807) is 0 Å². The van der Waals surface area contributed by atoms with Crippen LogP contribution in [0.15, 0.2) is 18.2 Å². The summed E-state index contributed by atoms with van der Waals surface area (Å²) in [6.07, 6.45) is -1.80. The van der Waals surface area contributed by atoms with Crippen molar-refractivity contribution in [3.8, 4) is 6.07 Å². The van der Waals surface area contributed by atoms with Crippen LogP contribution in [-0.4, -0.2) is 78.9 Å². The fraction of sp³-hybridized carbons (Fsp3) is 0.609. The van der Waals surface area contributed by atoms with Crippen LogP contribution >= 0.6 is 0 Å². The van der Waals surface area contributed by atoms with Crippen LogP contribution in [-0.2, 0) is 19.8 Å². The number of nitriles is 1. The van der Waals surface area contributed by atoms with Crippen molar-refractivity contribution in [2.75, 3.05) is 32.7 Å². The van der Waals surface area contributed by atoms with Gasteiger partial charge in [-0.15, -0.1) is 0 Å². The molecular formula is C23H27F4N5O4S. The summed E-state index contributed by atoms with van der Waals surface area (Å²) in [5, 5.41) is 11.0. The predicted molar refractivity (Wildman–Crippen MR) is 122 cm³/mol. The summed E-state index contributed by atoms with van der Waals surface area (Å²) in [6, 6.07) is 0.879. The van der Waals surface area contributed by atoms with Gasteiger partial charge < -0.3 is 10.2 Å². The van der Waals surface area contributed by atoms with E-state index in [4.69, 9.17) is 5.26 Å².